The molecule has 1 N–H and O–H groups in total. The van der Waals surface area contributed by atoms with Crippen LogP contribution < -0.4 is 19.7 Å². The zero-order valence-corrected chi connectivity index (χ0v) is 17.0. The first-order valence-electron chi connectivity index (χ1n) is 9.75. The molecule has 0 spiro atoms. The lowest BCUT2D eigenvalue weighted by molar-refractivity contribution is -0.383. The van der Waals surface area contributed by atoms with Crippen LogP contribution in [-0.4, -0.2) is 31.0 Å². The van der Waals surface area contributed by atoms with E-state index in [4.69, 9.17) is 9.47 Å². The van der Waals surface area contributed by atoms with Crippen LogP contribution in [0.1, 0.15) is 12.8 Å². The van der Waals surface area contributed by atoms with Crippen molar-refractivity contribution in [2.24, 2.45) is 11.8 Å². The summed E-state index contributed by atoms with van der Waals surface area (Å²) in [5.74, 6) is -0.429. The molecule has 2 aromatic rings. The number of fused-ring (bicyclic) bond motifs is 1. The van der Waals surface area contributed by atoms with Gasteiger partial charge < -0.3 is 14.8 Å². The molecule has 1 fully saturated rings. The van der Waals surface area contributed by atoms with Gasteiger partial charge >= 0.3 is 0 Å². The SMILES string of the molecule is COc1ccc(Nc2ccc(N3C(=O)[C@@H]4CC=CC[C@H]4C3=O)cc2[N+](=O)[O-])cc1OC. The molecule has 1 saturated heterocycles. The van der Waals surface area contributed by atoms with E-state index in [0.29, 0.717) is 30.0 Å². The molecule has 31 heavy (non-hydrogen) atoms. The van der Waals surface area contributed by atoms with Crippen LogP contribution in [0, 0.1) is 22.0 Å². The molecule has 4 rings (SSSR count). The van der Waals surface area contributed by atoms with Crippen LogP contribution in [0.3, 0.4) is 0 Å². The average molecular weight is 423 g/mol. The Morgan fingerprint density at radius 1 is 0.968 bits per heavy atom. The lowest BCUT2D eigenvalue weighted by Gasteiger charge is -2.16. The second-order valence-electron chi connectivity index (χ2n) is 7.32. The lowest BCUT2D eigenvalue weighted by Crippen LogP contribution is -2.30. The number of hydrogen-bond acceptors (Lipinski definition) is 7. The molecule has 2 aliphatic rings. The highest BCUT2D eigenvalue weighted by atomic mass is 16.6. The van der Waals surface area contributed by atoms with Crippen LogP contribution in [0.5, 0.6) is 11.5 Å². The number of nitro groups is 1. The van der Waals surface area contributed by atoms with E-state index in [1.54, 1.807) is 18.2 Å². The van der Waals surface area contributed by atoms with Gasteiger partial charge in [0.05, 0.1) is 36.7 Å². The third-order valence-electron chi connectivity index (χ3n) is 5.61. The van der Waals surface area contributed by atoms with Gasteiger partial charge in [-0.05, 0) is 37.1 Å². The molecule has 9 nitrogen and oxygen atoms in total. The fraction of sp³-hybridized carbons (Fsp3) is 0.273. The second kappa shape index (κ2) is 8.10. The largest absolute Gasteiger partial charge is 0.493 e. The number of allylic oxidation sites excluding steroid dienone is 2. The van der Waals surface area contributed by atoms with Crippen molar-refractivity contribution in [1.29, 1.82) is 0 Å². The molecule has 1 heterocycles. The van der Waals surface area contributed by atoms with Crippen LogP contribution in [0.2, 0.25) is 0 Å². The number of ether oxygens (including phenoxy) is 2. The molecule has 0 saturated carbocycles. The number of nitrogens with zero attached hydrogens (tertiary/aromatic N) is 2. The number of imide groups is 1. The highest BCUT2D eigenvalue weighted by molar-refractivity contribution is 6.22. The summed E-state index contributed by atoms with van der Waals surface area (Å²) >= 11 is 0. The van der Waals surface area contributed by atoms with Crippen molar-refractivity contribution < 1.29 is 24.0 Å². The number of rotatable bonds is 6. The predicted octanol–water partition coefficient (Wildman–Crippen LogP) is 3.81. The summed E-state index contributed by atoms with van der Waals surface area (Å²) in [6.45, 7) is 0. The van der Waals surface area contributed by atoms with Crippen LogP contribution in [0.4, 0.5) is 22.7 Å². The molecule has 1 aliphatic carbocycles. The van der Waals surface area contributed by atoms with Gasteiger partial charge in [0.1, 0.15) is 5.69 Å². The molecule has 1 aliphatic heterocycles. The molecule has 0 aromatic heterocycles. The van der Waals surface area contributed by atoms with E-state index < -0.39 is 16.8 Å². The van der Waals surface area contributed by atoms with Crippen molar-refractivity contribution in [2.75, 3.05) is 24.4 Å². The third-order valence-corrected chi connectivity index (χ3v) is 5.61. The normalized spacial score (nSPS) is 19.9. The summed E-state index contributed by atoms with van der Waals surface area (Å²) in [6, 6.07) is 9.32. The average Bonchev–Trinajstić information content (AvgIpc) is 3.04. The van der Waals surface area contributed by atoms with E-state index in [1.165, 1.54) is 32.4 Å². The molecule has 0 bridgehead atoms. The van der Waals surface area contributed by atoms with Crippen LogP contribution in [0.15, 0.2) is 48.6 Å². The molecule has 9 heteroatoms. The predicted molar refractivity (Wildman–Crippen MR) is 114 cm³/mol. The van der Waals surface area contributed by atoms with E-state index >= 15 is 0 Å². The monoisotopic (exact) mass is 423 g/mol. The first kappa shape index (κ1) is 20.4. The summed E-state index contributed by atoms with van der Waals surface area (Å²) < 4.78 is 10.5. The molecular formula is C22H21N3O6. The van der Waals surface area contributed by atoms with Crippen molar-refractivity contribution in [3.05, 3.63) is 58.7 Å². The summed E-state index contributed by atoms with van der Waals surface area (Å²) in [7, 11) is 3.01. The number of amides is 2. The maximum atomic E-state index is 12.8. The molecule has 2 amide bonds. The van der Waals surface area contributed by atoms with Crippen LogP contribution >= 0.6 is 0 Å². The molecule has 160 valence electrons. The standard InChI is InChI=1S/C22H21N3O6/c1-30-19-10-7-13(11-20(19)31-2)23-17-9-8-14(12-18(17)25(28)29)24-21(26)15-5-3-4-6-16(15)22(24)27/h3-4,7-12,15-16,23H,5-6H2,1-2H3/t15-,16-/m1/s1. The maximum absolute atomic E-state index is 12.8. The van der Waals surface area contributed by atoms with Crippen LogP contribution in [-0.2, 0) is 9.59 Å². The first-order valence-corrected chi connectivity index (χ1v) is 9.75. The van der Waals surface area contributed by atoms with Gasteiger partial charge in [0, 0.05) is 17.8 Å². The summed E-state index contributed by atoms with van der Waals surface area (Å²) in [5, 5.41) is 14.7. The van der Waals surface area contributed by atoms with Gasteiger partial charge in [-0.15, -0.1) is 0 Å². The second-order valence-corrected chi connectivity index (χ2v) is 7.32. The van der Waals surface area contributed by atoms with Gasteiger partial charge in [-0.3, -0.25) is 19.7 Å². The Hall–Kier alpha value is -3.88. The fourth-order valence-electron chi connectivity index (χ4n) is 4.04. The fourth-order valence-corrected chi connectivity index (χ4v) is 4.04. The number of hydrogen-bond donors (Lipinski definition) is 1. The first-order chi connectivity index (χ1) is 14.9. The Morgan fingerprint density at radius 3 is 2.19 bits per heavy atom. The Kier molecular flexibility index (Phi) is 5.33. The van der Waals surface area contributed by atoms with Gasteiger partial charge in [-0.2, -0.15) is 0 Å². The van der Waals surface area contributed by atoms with Gasteiger partial charge in [-0.1, -0.05) is 12.2 Å². The topological polar surface area (TPSA) is 111 Å². The summed E-state index contributed by atoms with van der Waals surface area (Å²) in [6.07, 6.45) is 4.81. The van der Waals surface area contributed by atoms with E-state index in [9.17, 15) is 19.7 Å². The highest BCUT2D eigenvalue weighted by Gasteiger charge is 2.48. The van der Waals surface area contributed by atoms with Crippen molar-refractivity contribution >= 4 is 34.6 Å². The van der Waals surface area contributed by atoms with Crippen molar-refractivity contribution in [3.63, 3.8) is 0 Å². The minimum Gasteiger partial charge on any atom is -0.493 e. The summed E-state index contributed by atoms with van der Waals surface area (Å²) in [4.78, 5) is 37.9. The number of carbonyl (C=O) groups excluding carboxylic acids is 2. The van der Waals surface area contributed by atoms with E-state index in [-0.39, 0.29) is 28.9 Å². The lowest BCUT2D eigenvalue weighted by atomic mass is 9.85. The Morgan fingerprint density at radius 2 is 1.61 bits per heavy atom. The third kappa shape index (κ3) is 3.58. The molecule has 2 atom stereocenters. The molecule has 0 radical (unpaired) electrons. The highest BCUT2D eigenvalue weighted by Crippen LogP contribution is 2.40. The summed E-state index contributed by atoms with van der Waals surface area (Å²) in [5.41, 5.74) is 0.730. The Labute approximate surface area is 178 Å². The van der Waals surface area contributed by atoms with Gasteiger partial charge in [0.25, 0.3) is 5.69 Å². The van der Waals surface area contributed by atoms with Crippen molar-refractivity contribution in [1.82, 2.24) is 0 Å². The van der Waals surface area contributed by atoms with Gasteiger partial charge in [-0.25, -0.2) is 4.90 Å². The number of nitro benzene ring substituents is 1. The molecular weight excluding hydrogens is 402 g/mol. The Bertz CT molecular complexity index is 1070. The van der Waals surface area contributed by atoms with Gasteiger partial charge in [0.15, 0.2) is 11.5 Å². The van der Waals surface area contributed by atoms with Crippen molar-refractivity contribution in [2.45, 2.75) is 12.8 Å². The van der Waals surface area contributed by atoms with E-state index in [1.807, 2.05) is 12.2 Å². The maximum Gasteiger partial charge on any atom is 0.294 e. The minimum atomic E-state index is -0.549. The van der Waals surface area contributed by atoms with E-state index in [0.717, 1.165) is 4.90 Å². The molecule has 0 unspecified atom stereocenters. The number of benzene rings is 2. The quantitative estimate of drug-likeness (QED) is 0.325. The minimum absolute atomic E-state index is 0.203. The van der Waals surface area contributed by atoms with Crippen molar-refractivity contribution in [3.8, 4) is 11.5 Å². The number of anilines is 3. The number of methoxy groups -OCH3 is 2. The number of carbonyl (C=O) groups is 2. The van der Waals surface area contributed by atoms with Crippen LogP contribution in [0.25, 0.3) is 0 Å². The zero-order valence-electron chi connectivity index (χ0n) is 17.0. The van der Waals surface area contributed by atoms with Gasteiger partial charge in [0.2, 0.25) is 11.8 Å². The zero-order chi connectivity index (χ0) is 22.1. The number of nitrogens with one attached hydrogen (secondary N) is 1. The Balaban J connectivity index is 1.66. The molecule has 2 aromatic carbocycles. The van der Waals surface area contributed by atoms with E-state index in [2.05, 4.69) is 5.32 Å². The smallest absolute Gasteiger partial charge is 0.294 e.